The van der Waals surface area contributed by atoms with Gasteiger partial charge >= 0.3 is 0 Å². The van der Waals surface area contributed by atoms with Gasteiger partial charge in [-0.2, -0.15) is 0 Å². The minimum Gasteiger partial charge on any atom is -0.309 e. The van der Waals surface area contributed by atoms with Crippen molar-refractivity contribution >= 4 is 0 Å². The minimum atomic E-state index is 0.528. The van der Waals surface area contributed by atoms with Crippen molar-refractivity contribution in [2.45, 2.75) is 45.2 Å². The van der Waals surface area contributed by atoms with Crippen LogP contribution < -0.4 is 5.32 Å². The Balaban J connectivity index is 1.80. The van der Waals surface area contributed by atoms with E-state index in [2.05, 4.69) is 48.3 Å². The summed E-state index contributed by atoms with van der Waals surface area (Å²) in [7, 11) is 0. The topological polar surface area (TPSA) is 15.3 Å². The van der Waals surface area contributed by atoms with Crippen molar-refractivity contribution in [1.29, 1.82) is 0 Å². The highest BCUT2D eigenvalue weighted by molar-refractivity contribution is 5.37. The van der Waals surface area contributed by atoms with Gasteiger partial charge in [0.25, 0.3) is 0 Å². The summed E-state index contributed by atoms with van der Waals surface area (Å²) < 4.78 is 0. The Labute approximate surface area is 117 Å². The zero-order chi connectivity index (χ0) is 13.2. The molecule has 1 aromatic rings. The van der Waals surface area contributed by atoms with Crippen molar-refractivity contribution in [2.75, 3.05) is 19.6 Å². The standard InChI is InChI=1S/C17H26N2/c1-3-18-17-15-8-6-5-7-14(15)11-16(17)19(4-2)12-13-9-10-13/h5-8,13,16-18H,3-4,9-12H2,1-2H3. The van der Waals surface area contributed by atoms with E-state index in [-0.39, 0.29) is 0 Å². The third-order valence-electron chi connectivity index (χ3n) is 4.69. The summed E-state index contributed by atoms with van der Waals surface area (Å²) >= 11 is 0. The van der Waals surface area contributed by atoms with Crippen LogP contribution in [0.2, 0.25) is 0 Å². The van der Waals surface area contributed by atoms with Crippen molar-refractivity contribution in [2.24, 2.45) is 5.92 Å². The van der Waals surface area contributed by atoms with Gasteiger partial charge in [-0.3, -0.25) is 4.90 Å². The fourth-order valence-electron chi connectivity index (χ4n) is 3.51. The Kier molecular flexibility index (Phi) is 3.90. The van der Waals surface area contributed by atoms with Gasteiger partial charge in [0.1, 0.15) is 0 Å². The summed E-state index contributed by atoms with van der Waals surface area (Å²) in [5, 5.41) is 3.72. The molecule has 2 heteroatoms. The van der Waals surface area contributed by atoms with Crippen LogP contribution in [0, 0.1) is 5.92 Å². The maximum Gasteiger partial charge on any atom is 0.0484 e. The van der Waals surface area contributed by atoms with E-state index in [1.54, 1.807) is 5.56 Å². The maximum absolute atomic E-state index is 3.72. The molecule has 2 nitrogen and oxygen atoms in total. The molecule has 0 amide bonds. The van der Waals surface area contributed by atoms with E-state index >= 15 is 0 Å². The van der Waals surface area contributed by atoms with E-state index in [1.165, 1.54) is 37.9 Å². The molecule has 1 fully saturated rings. The largest absolute Gasteiger partial charge is 0.309 e. The van der Waals surface area contributed by atoms with E-state index < -0.39 is 0 Å². The van der Waals surface area contributed by atoms with E-state index in [4.69, 9.17) is 0 Å². The normalized spacial score (nSPS) is 25.8. The highest BCUT2D eigenvalue weighted by Gasteiger charge is 2.37. The van der Waals surface area contributed by atoms with E-state index in [9.17, 15) is 0 Å². The van der Waals surface area contributed by atoms with Crippen molar-refractivity contribution < 1.29 is 0 Å². The van der Waals surface area contributed by atoms with E-state index in [1.807, 2.05) is 0 Å². The number of hydrogen-bond donors (Lipinski definition) is 1. The minimum absolute atomic E-state index is 0.528. The van der Waals surface area contributed by atoms with Crippen LogP contribution in [0.5, 0.6) is 0 Å². The quantitative estimate of drug-likeness (QED) is 0.844. The molecule has 2 aliphatic carbocycles. The van der Waals surface area contributed by atoms with Crippen molar-refractivity contribution in [3.63, 3.8) is 0 Å². The van der Waals surface area contributed by atoms with Gasteiger partial charge in [-0.1, -0.05) is 38.1 Å². The van der Waals surface area contributed by atoms with Gasteiger partial charge in [0.15, 0.2) is 0 Å². The zero-order valence-corrected chi connectivity index (χ0v) is 12.2. The molecule has 0 bridgehead atoms. The summed E-state index contributed by atoms with van der Waals surface area (Å²) in [5.41, 5.74) is 3.08. The molecule has 3 rings (SSSR count). The van der Waals surface area contributed by atoms with E-state index in [0.717, 1.165) is 12.5 Å². The average Bonchev–Trinajstić information content (AvgIpc) is 3.19. The molecule has 0 radical (unpaired) electrons. The first kappa shape index (κ1) is 13.1. The van der Waals surface area contributed by atoms with Crippen LogP contribution in [-0.2, 0) is 6.42 Å². The molecule has 0 aromatic heterocycles. The third-order valence-corrected chi connectivity index (χ3v) is 4.69. The zero-order valence-electron chi connectivity index (χ0n) is 12.2. The highest BCUT2D eigenvalue weighted by Crippen LogP contribution is 2.37. The summed E-state index contributed by atoms with van der Waals surface area (Å²) in [4.78, 5) is 2.71. The van der Waals surface area contributed by atoms with Gasteiger partial charge in [-0.05, 0) is 49.4 Å². The molecular formula is C17H26N2. The van der Waals surface area contributed by atoms with Gasteiger partial charge < -0.3 is 5.32 Å². The maximum atomic E-state index is 3.72. The van der Waals surface area contributed by atoms with Crippen LogP contribution in [0.1, 0.15) is 43.9 Å². The Morgan fingerprint density at radius 1 is 1.21 bits per heavy atom. The van der Waals surface area contributed by atoms with Gasteiger partial charge in [-0.15, -0.1) is 0 Å². The number of likely N-dealkylation sites (N-methyl/N-ethyl adjacent to an activating group) is 2. The predicted molar refractivity (Wildman–Crippen MR) is 80.3 cm³/mol. The molecule has 19 heavy (non-hydrogen) atoms. The van der Waals surface area contributed by atoms with Crippen molar-refractivity contribution in [3.05, 3.63) is 35.4 Å². The smallest absolute Gasteiger partial charge is 0.0484 e. The van der Waals surface area contributed by atoms with Crippen LogP contribution in [0.3, 0.4) is 0 Å². The molecule has 1 saturated carbocycles. The predicted octanol–water partition coefficient (Wildman–Crippen LogP) is 2.99. The molecule has 2 atom stereocenters. The fraction of sp³-hybridized carbons (Fsp3) is 0.647. The summed E-state index contributed by atoms with van der Waals surface area (Å²) in [6, 6.07) is 10.2. The van der Waals surface area contributed by atoms with Crippen LogP contribution in [0.15, 0.2) is 24.3 Å². The van der Waals surface area contributed by atoms with Gasteiger partial charge in [-0.25, -0.2) is 0 Å². The van der Waals surface area contributed by atoms with Gasteiger partial charge in [0.05, 0.1) is 0 Å². The first-order valence-corrected chi connectivity index (χ1v) is 7.88. The third kappa shape index (κ3) is 2.70. The Morgan fingerprint density at radius 3 is 2.68 bits per heavy atom. The summed E-state index contributed by atoms with van der Waals surface area (Å²) in [6.45, 7) is 8.06. The van der Waals surface area contributed by atoms with Crippen LogP contribution in [0.25, 0.3) is 0 Å². The average molecular weight is 258 g/mol. The lowest BCUT2D eigenvalue weighted by Crippen LogP contribution is -2.43. The number of fused-ring (bicyclic) bond motifs is 1. The molecule has 0 aliphatic heterocycles. The molecular weight excluding hydrogens is 232 g/mol. The SMILES string of the molecule is CCNC1c2ccccc2CC1N(CC)CC1CC1. The molecule has 104 valence electrons. The second kappa shape index (κ2) is 5.64. The molecule has 0 saturated heterocycles. The fourth-order valence-corrected chi connectivity index (χ4v) is 3.51. The Morgan fingerprint density at radius 2 is 2.00 bits per heavy atom. The van der Waals surface area contributed by atoms with Gasteiger partial charge in [0.2, 0.25) is 0 Å². The van der Waals surface area contributed by atoms with Crippen LogP contribution in [0.4, 0.5) is 0 Å². The van der Waals surface area contributed by atoms with E-state index in [0.29, 0.717) is 12.1 Å². The monoisotopic (exact) mass is 258 g/mol. The van der Waals surface area contributed by atoms with Crippen molar-refractivity contribution in [1.82, 2.24) is 10.2 Å². The second-order valence-electron chi connectivity index (χ2n) is 6.04. The lowest BCUT2D eigenvalue weighted by molar-refractivity contribution is 0.168. The number of hydrogen-bond acceptors (Lipinski definition) is 2. The first-order chi connectivity index (χ1) is 9.33. The molecule has 0 spiro atoms. The van der Waals surface area contributed by atoms with Crippen LogP contribution >= 0.6 is 0 Å². The number of benzene rings is 1. The number of nitrogens with one attached hydrogen (secondary N) is 1. The molecule has 2 unspecified atom stereocenters. The highest BCUT2D eigenvalue weighted by atomic mass is 15.2. The van der Waals surface area contributed by atoms with Gasteiger partial charge in [0, 0.05) is 18.6 Å². The summed E-state index contributed by atoms with van der Waals surface area (Å²) in [5.74, 6) is 0.978. The summed E-state index contributed by atoms with van der Waals surface area (Å²) in [6.07, 6.45) is 4.11. The first-order valence-electron chi connectivity index (χ1n) is 7.88. The second-order valence-corrected chi connectivity index (χ2v) is 6.04. The lowest BCUT2D eigenvalue weighted by Gasteiger charge is -2.33. The molecule has 1 N–H and O–H groups in total. The molecule has 2 aliphatic rings. The Bertz CT molecular complexity index is 425. The molecule has 0 heterocycles. The Hall–Kier alpha value is -0.860. The van der Waals surface area contributed by atoms with Crippen LogP contribution in [-0.4, -0.2) is 30.6 Å². The number of rotatable bonds is 6. The lowest BCUT2D eigenvalue weighted by atomic mass is 10.1. The molecule has 1 aromatic carbocycles. The van der Waals surface area contributed by atoms with Crippen molar-refractivity contribution in [3.8, 4) is 0 Å². The number of nitrogens with zero attached hydrogens (tertiary/aromatic N) is 1.